The second-order valence-corrected chi connectivity index (χ2v) is 6.27. The summed E-state index contributed by atoms with van der Waals surface area (Å²) in [5, 5.41) is 13.6. The first-order chi connectivity index (χ1) is 12.9. The third-order valence-electron chi connectivity index (χ3n) is 3.55. The SMILES string of the molecule is C=CCn1ccn2c(=O)c(O)c(C=O)nc12.CNCc1ccc(Cl)c(Cl)c1. The van der Waals surface area contributed by atoms with Crippen LogP contribution in [0.3, 0.4) is 0 Å². The summed E-state index contributed by atoms with van der Waals surface area (Å²) >= 11 is 11.5. The van der Waals surface area contributed by atoms with Gasteiger partial charge in [-0.25, -0.2) is 9.38 Å². The summed E-state index contributed by atoms with van der Waals surface area (Å²) in [6, 6.07) is 5.61. The zero-order chi connectivity index (χ0) is 20.0. The number of nitrogens with one attached hydrogen (secondary N) is 1. The van der Waals surface area contributed by atoms with E-state index in [1.165, 1.54) is 10.6 Å². The van der Waals surface area contributed by atoms with Crippen molar-refractivity contribution in [3.8, 4) is 5.75 Å². The van der Waals surface area contributed by atoms with Gasteiger partial charge >= 0.3 is 5.56 Å². The maximum absolute atomic E-state index is 11.6. The highest BCUT2D eigenvalue weighted by Crippen LogP contribution is 2.22. The van der Waals surface area contributed by atoms with E-state index < -0.39 is 11.3 Å². The monoisotopic (exact) mass is 408 g/mol. The number of allylic oxidation sites excluding steroid dienone is 1. The molecule has 3 rings (SSSR count). The van der Waals surface area contributed by atoms with Gasteiger partial charge in [0.1, 0.15) is 0 Å². The molecule has 0 atom stereocenters. The number of benzene rings is 1. The van der Waals surface area contributed by atoms with Gasteiger partial charge in [0.05, 0.1) is 10.0 Å². The maximum Gasteiger partial charge on any atom is 0.302 e. The van der Waals surface area contributed by atoms with Crippen molar-refractivity contribution < 1.29 is 9.90 Å². The van der Waals surface area contributed by atoms with Crippen molar-refractivity contribution in [1.29, 1.82) is 0 Å². The lowest BCUT2D eigenvalue weighted by molar-refractivity contribution is 0.111. The van der Waals surface area contributed by atoms with Gasteiger partial charge in [-0.15, -0.1) is 6.58 Å². The Morgan fingerprint density at radius 1 is 1.30 bits per heavy atom. The van der Waals surface area contributed by atoms with Crippen LogP contribution in [0.25, 0.3) is 5.78 Å². The smallest absolute Gasteiger partial charge is 0.302 e. The van der Waals surface area contributed by atoms with Gasteiger partial charge in [-0.05, 0) is 24.7 Å². The third-order valence-corrected chi connectivity index (χ3v) is 4.29. The molecule has 0 amide bonds. The normalized spacial score (nSPS) is 10.3. The number of carbonyl (C=O) groups excluding carboxylic acids is 1. The molecule has 2 heterocycles. The summed E-state index contributed by atoms with van der Waals surface area (Å²) in [6.45, 7) is 4.85. The van der Waals surface area contributed by atoms with Gasteiger partial charge in [-0.2, -0.15) is 0 Å². The number of carbonyl (C=O) groups is 1. The molecule has 7 nitrogen and oxygen atoms in total. The predicted octanol–water partition coefficient (Wildman–Crippen LogP) is 2.91. The van der Waals surface area contributed by atoms with Crippen molar-refractivity contribution in [2.45, 2.75) is 13.1 Å². The van der Waals surface area contributed by atoms with Crippen LogP contribution in [0.5, 0.6) is 5.75 Å². The first-order valence-corrected chi connectivity index (χ1v) is 8.63. The molecule has 0 aliphatic carbocycles. The summed E-state index contributed by atoms with van der Waals surface area (Å²) in [6.07, 6.45) is 5.09. The highest BCUT2D eigenvalue weighted by atomic mass is 35.5. The van der Waals surface area contributed by atoms with Gasteiger partial charge in [0, 0.05) is 25.5 Å². The zero-order valence-electron chi connectivity index (χ0n) is 14.5. The highest BCUT2D eigenvalue weighted by Gasteiger charge is 2.12. The molecule has 0 aliphatic rings. The molecule has 0 unspecified atom stereocenters. The van der Waals surface area contributed by atoms with Crippen molar-refractivity contribution in [2.75, 3.05) is 7.05 Å². The van der Waals surface area contributed by atoms with Crippen LogP contribution in [0.1, 0.15) is 16.1 Å². The van der Waals surface area contributed by atoms with E-state index in [9.17, 15) is 14.7 Å². The van der Waals surface area contributed by atoms with Crippen LogP contribution in [0.4, 0.5) is 0 Å². The lowest BCUT2D eigenvalue weighted by Crippen LogP contribution is -2.16. The summed E-state index contributed by atoms with van der Waals surface area (Å²) in [7, 11) is 1.89. The fraction of sp³-hybridized carbons (Fsp3) is 0.167. The lowest BCUT2D eigenvalue weighted by Gasteiger charge is -2.01. The van der Waals surface area contributed by atoms with Crippen molar-refractivity contribution in [2.24, 2.45) is 0 Å². The zero-order valence-corrected chi connectivity index (χ0v) is 16.0. The van der Waals surface area contributed by atoms with E-state index in [-0.39, 0.29) is 5.69 Å². The van der Waals surface area contributed by atoms with E-state index in [0.717, 1.165) is 12.1 Å². The minimum absolute atomic E-state index is 0.256. The molecule has 0 saturated carbocycles. The van der Waals surface area contributed by atoms with Crippen molar-refractivity contribution >= 4 is 35.3 Å². The van der Waals surface area contributed by atoms with Gasteiger partial charge in [0.2, 0.25) is 11.5 Å². The molecule has 0 saturated heterocycles. The number of fused-ring (bicyclic) bond motifs is 1. The Hall–Kier alpha value is -2.61. The Morgan fingerprint density at radius 3 is 2.63 bits per heavy atom. The van der Waals surface area contributed by atoms with E-state index in [4.69, 9.17) is 23.2 Å². The number of nitrogens with zero attached hydrogens (tertiary/aromatic N) is 3. The van der Waals surface area contributed by atoms with E-state index in [2.05, 4.69) is 16.9 Å². The van der Waals surface area contributed by atoms with Gasteiger partial charge in [-0.1, -0.05) is 35.3 Å². The van der Waals surface area contributed by atoms with Gasteiger partial charge in [0.25, 0.3) is 0 Å². The standard InChI is InChI=1S/C10H9N3O3.C8H9Cl2N/c1-2-3-12-4-5-13-9(16)8(15)7(6-14)11-10(12)13;1-11-5-6-2-3-7(9)8(10)4-6/h2,4-6,15H,1,3H2;2-4,11H,5H2,1H3. The molecule has 1 aromatic carbocycles. The summed E-state index contributed by atoms with van der Waals surface area (Å²) in [5.41, 5.74) is 0.228. The number of aromatic nitrogens is 3. The molecule has 27 heavy (non-hydrogen) atoms. The number of aldehydes is 1. The van der Waals surface area contributed by atoms with Gasteiger partial charge in [0.15, 0.2) is 12.0 Å². The van der Waals surface area contributed by atoms with Crippen molar-refractivity contribution in [1.82, 2.24) is 19.3 Å². The molecule has 0 radical (unpaired) electrons. The minimum Gasteiger partial charge on any atom is -0.501 e. The molecule has 142 valence electrons. The average Bonchev–Trinajstić information content (AvgIpc) is 3.05. The van der Waals surface area contributed by atoms with E-state index in [0.29, 0.717) is 28.7 Å². The van der Waals surface area contributed by atoms with Crippen molar-refractivity contribution in [3.05, 3.63) is 74.9 Å². The average molecular weight is 409 g/mol. The van der Waals surface area contributed by atoms with Crippen LogP contribution in [0.2, 0.25) is 10.0 Å². The van der Waals surface area contributed by atoms with Crippen LogP contribution in [0.15, 0.2) is 48.0 Å². The Morgan fingerprint density at radius 2 is 2.04 bits per heavy atom. The second kappa shape index (κ2) is 9.36. The first-order valence-electron chi connectivity index (χ1n) is 7.88. The Bertz CT molecular complexity index is 1030. The van der Waals surface area contributed by atoms with Crippen LogP contribution in [-0.2, 0) is 13.1 Å². The number of hydrogen-bond donors (Lipinski definition) is 2. The molecular weight excluding hydrogens is 391 g/mol. The number of rotatable bonds is 5. The molecule has 0 aliphatic heterocycles. The largest absolute Gasteiger partial charge is 0.501 e. The summed E-state index contributed by atoms with van der Waals surface area (Å²) in [4.78, 5) is 26.1. The fourth-order valence-corrected chi connectivity index (χ4v) is 2.62. The molecule has 0 bridgehead atoms. The van der Waals surface area contributed by atoms with E-state index >= 15 is 0 Å². The summed E-state index contributed by atoms with van der Waals surface area (Å²) in [5.74, 6) is -0.339. The molecule has 9 heteroatoms. The topological polar surface area (TPSA) is 88.6 Å². The van der Waals surface area contributed by atoms with E-state index in [1.54, 1.807) is 22.9 Å². The van der Waals surface area contributed by atoms with Gasteiger partial charge in [-0.3, -0.25) is 9.59 Å². The lowest BCUT2D eigenvalue weighted by atomic mass is 10.2. The Labute approximate surface area is 165 Å². The molecule has 0 spiro atoms. The first kappa shape index (κ1) is 20.7. The number of imidazole rings is 1. The van der Waals surface area contributed by atoms with Gasteiger partial charge < -0.3 is 15.0 Å². The van der Waals surface area contributed by atoms with Crippen LogP contribution < -0.4 is 10.9 Å². The van der Waals surface area contributed by atoms with Crippen LogP contribution >= 0.6 is 23.2 Å². The highest BCUT2D eigenvalue weighted by molar-refractivity contribution is 6.42. The fourth-order valence-electron chi connectivity index (χ4n) is 2.30. The quantitative estimate of drug-likeness (QED) is 0.500. The number of halogens is 2. The van der Waals surface area contributed by atoms with Crippen LogP contribution in [-0.4, -0.2) is 32.4 Å². The van der Waals surface area contributed by atoms with Crippen LogP contribution in [0, 0.1) is 0 Å². The maximum atomic E-state index is 11.6. The third kappa shape index (κ3) is 4.77. The van der Waals surface area contributed by atoms with Crippen molar-refractivity contribution in [3.63, 3.8) is 0 Å². The number of hydrogen-bond acceptors (Lipinski definition) is 5. The molecule has 2 N–H and O–H groups in total. The molecule has 2 aromatic heterocycles. The Balaban J connectivity index is 0.000000208. The second-order valence-electron chi connectivity index (χ2n) is 5.46. The minimum atomic E-state index is -0.657. The van der Waals surface area contributed by atoms with E-state index in [1.807, 2.05) is 19.2 Å². The molecular formula is C18H18Cl2N4O3. The molecule has 0 fully saturated rings. The molecule has 3 aromatic rings. The predicted molar refractivity (Wildman–Crippen MR) is 106 cm³/mol. The Kier molecular flexibility index (Phi) is 7.18. The number of aromatic hydroxyl groups is 1. The summed E-state index contributed by atoms with van der Waals surface area (Å²) < 4.78 is 2.81.